The zero-order valence-electron chi connectivity index (χ0n) is 11.9. The van der Waals surface area contributed by atoms with Crippen LogP contribution in [0.15, 0.2) is 18.2 Å². The summed E-state index contributed by atoms with van der Waals surface area (Å²) in [5.74, 6) is 0. The molecule has 0 bridgehead atoms. The number of anilines is 1. The van der Waals surface area contributed by atoms with E-state index in [9.17, 15) is 0 Å². The van der Waals surface area contributed by atoms with E-state index in [1.807, 2.05) is 0 Å². The highest BCUT2D eigenvalue weighted by atomic mass is 15.3. The Morgan fingerprint density at radius 2 is 2.00 bits per heavy atom. The first-order valence-corrected chi connectivity index (χ1v) is 7.56. The van der Waals surface area contributed by atoms with Gasteiger partial charge in [0.1, 0.15) is 0 Å². The minimum atomic E-state index is 0.641. The van der Waals surface area contributed by atoms with Gasteiger partial charge in [0.15, 0.2) is 0 Å². The zero-order chi connectivity index (χ0) is 13.2. The van der Waals surface area contributed by atoms with Crippen LogP contribution >= 0.6 is 0 Å². The molecule has 0 spiro atoms. The van der Waals surface area contributed by atoms with Crippen LogP contribution in [-0.4, -0.2) is 37.1 Å². The lowest BCUT2D eigenvalue weighted by molar-refractivity contribution is 0.260. The molecule has 2 N–H and O–H groups in total. The van der Waals surface area contributed by atoms with E-state index in [1.165, 1.54) is 62.3 Å². The molecule has 104 valence electrons. The molecule has 0 aliphatic carbocycles. The number of rotatable bonds is 3. The maximum Gasteiger partial charge on any atom is 0.0412 e. The Morgan fingerprint density at radius 1 is 1.21 bits per heavy atom. The second kappa shape index (κ2) is 5.51. The Morgan fingerprint density at radius 3 is 2.74 bits per heavy atom. The molecule has 2 aliphatic heterocycles. The molecule has 2 heterocycles. The van der Waals surface area contributed by atoms with Gasteiger partial charge in [0.25, 0.3) is 0 Å². The van der Waals surface area contributed by atoms with E-state index >= 15 is 0 Å². The summed E-state index contributed by atoms with van der Waals surface area (Å²) >= 11 is 0. The van der Waals surface area contributed by atoms with Gasteiger partial charge in [0, 0.05) is 31.4 Å². The molecule has 0 amide bonds. The first-order valence-electron chi connectivity index (χ1n) is 7.56. The van der Waals surface area contributed by atoms with Gasteiger partial charge in [-0.1, -0.05) is 17.7 Å². The smallest absolute Gasteiger partial charge is 0.0412 e. The van der Waals surface area contributed by atoms with Crippen molar-refractivity contribution in [2.75, 3.05) is 31.1 Å². The Hall–Kier alpha value is -1.06. The maximum absolute atomic E-state index is 5.91. The van der Waals surface area contributed by atoms with Gasteiger partial charge in [0.05, 0.1) is 0 Å². The highest BCUT2D eigenvalue weighted by molar-refractivity contribution is 5.56. The lowest BCUT2D eigenvalue weighted by Gasteiger charge is -2.25. The predicted molar refractivity (Wildman–Crippen MR) is 80.5 cm³/mol. The van der Waals surface area contributed by atoms with Crippen LogP contribution in [0.1, 0.15) is 30.4 Å². The molecular formula is C16H25N3. The molecule has 2 fully saturated rings. The average Bonchev–Trinajstić information content (AvgIpc) is 3.09. The Balaban J connectivity index is 1.73. The number of nitrogens with two attached hydrogens (primary N) is 1. The lowest BCUT2D eigenvalue weighted by atomic mass is 10.1. The molecule has 1 aromatic rings. The van der Waals surface area contributed by atoms with Crippen LogP contribution in [0.5, 0.6) is 0 Å². The second-order valence-electron chi connectivity index (χ2n) is 5.97. The van der Waals surface area contributed by atoms with Gasteiger partial charge >= 0.3 is 0 Å². The number of hydrogen-bond acceptors (Lipinski definition) is 3. The predicted octanol–water partition coefficient (Wildman–Crippen LogP) is 2.13. The van der Waals surface area contributed by atoms with Crippen molar-refractivity contribution in [1.82, 2.24) is 4.90 Å². The van der Waals surface area contributed by atoms with Gasteiger partial charge in [-0.15, -0.1) is 0 Å². The normalized spacial score (nSPS) is 24.3. The summed E-state index contributed by atoms with van der Waals surface area (Å²) in [4.78, 5) is 5.21. The summed E-state index contributed by atoms with van der Waals surface area (Å²) in [6.07, 6.45) is 4.07. The first kappa shape index (κ1) is 12.9. The third kappa shape index (κ3) is 2.63. The van der Waals surface area contributed by atoms with E-state index < -0.39 is 0 Å². The molecule has 2 saturated heterocycles. The number of likely N-dealkylation sites (tertiary alicyclic amines) is 1. The van der Waals surface area contributed by atoms with E-state index in [4.69, 9.17) is 5.73 Å². The summed E-state index contributed by atoms with van der Waals surface area (Å²) in [5, 5.41) is 0. The summed E-state index contributed by atoms with van der Waals surface area (Å²) in [5.41, 5.74) is 9.86. The first-order chi connectivity index (χ1) is 9.28. The van der Waals surface area contributed by atoms with E-state index in [0.717, 1.165) is 6.04 Å². The summed E-state index contributed by atoms with van der Waals surface area (Å²) in [7, 11) is 0. The Bertz CT molecular complexity index is 438. The fourth-order valence-electron chi connectivity index (χ4n) is 3.55. The highest BCUT2D eigenvalue weighted by Crippen LogP contribution is 2.28. The van der Waals surface area contributed by atoms with Crippen molar-refractivity contribution in [2.24, 2.45) is 5.73 Å². The summed E-state index contributed by atoms with van der Waals surface area (Å²) in [6, 6.07) is 7.45. The van der Waals surface area contributed by atoms with Crippen molar-refractivity contribution in [3.05, 3.63) is 29.3 Å². The Kier molecular flexibility index (Phi) is 3.76. The third-order valence-corrected chi connectivity index (χ3v) is 4.62. The van der Waals surface area contributed by atoms with Gasteiger partial charge in [-0.05, 0) is 50.9 Å². The van der Waals surface area contributed by atoms with Crippen molar-refractivity contribution in [1.29, 1.82) is 0 Å². The zero-order valence-corrected chi connectivity index (χ0v) is 11.9. The SMILES string of the molecule is Cc1ccc(N2CCC(N3CCCC3)C2)c(CN)c1. The standard InChI is InChI=1S/C16H25N3/c1-13-4-5-16(14(10-13)11-17)19-9-6-15(12-19)18-7-2-3-8-18/h4-5,10,15H,2-3,6-9,11-12,17H2,1H3. The molecule has 2 aliphatic rings. The highest BCUT2D eigenvalue weighted by Gasteiger charge is 2.29. The molecule has 1 aromatic carbocycles. The molecule has 3 rings (SSSR count). The third-order valence-electron chi connectivity index (χ3n) is 4.62. The number of nitrogens with zero attached hydrogens (tertiary/aromatic N) is 2. The van der Waals surface area contributed by atoms with Crippen LogP contribution in [0.25, 0.3) is 0 Å². The summed E-state index contributed by atoms with van der Waals surface area (Å²) < 4.78 is 0. The maximum atomic E-state index is 5.91. The van der Waals surface area contributed by atoms with Crippen LogP contribution in [0.4, 0.5) is 5.69 Å². The second-order valence-corrected chi connectivity index (χ2v) is 5.97. The lowest BCUT2D eigenvalue weighted by Crippen LogP contribution is -2.35. The van der Waals surface area contributed by atoms with Crippen LogP contribution in [0.3, 0.4) is 0 Å². The monoisotopic (exact) mass is 259 g/mol. The quantitative estimate of drug-likeness (QED) is 0.902. The number of hydrogen-bond donors (Lipinski definition) is 1. The molecule has 0 radical (unpaired) electrons. The van der Waals surface area contributed by atoms with Gasteiger partial charge < -0.3 is 10.6 Å². The largest absolute Gasteiger partial charge is 0.370 e. The minimum Gasteiger partial charge on any atom is -0.370 e. The van der Waals surface area contributed by atoms with Crippen molar-refractivity contribution in [3.8, 4) is 0 Å². The van der Waals surface area contributed by atoms with Crippen LogP contribution in [0, 0.1) is 6.92 Å². The van der Waals surface area contributed by atoms with Crippen molar-refractivity contribution in [2.45, 2.75) is 38.8 Å². The molecule has 0 saturated carbocycles. The van der Waals surface area contributed by atoms with Gasteiger partial charge in [0.2, 0.25) is 0 Å². The van der Waals surface area contributed by atoms with Crippen LogP contribution < -0.4 is 10.6 Å². The van der Waals surface area contributed by atoms with E-state index in [2.05, 4.69) is 34.9 Å². The fourth-order valence-corrected chi connectivity index (χ4v) is 3.55. The van der Waals surface area contributed by atoms with Gasteiger partial charge in [-0.25, -0.2) is 0 Å². The topological polar surface area (TPSA) is 32.5 Å². The molecule has 1 atom stereocenters. The van der Waals surface area contributed by atoms with E-state index in [-0.39, 0.29) is 0 Å². The molecule has 3 nitrogen and oxygen atoms in total. The van der Waals surface area contributed by atoms with Crippen LogP contribution in [0.2, 0.25) is 0 Å². The molecule has 3 heteroatoms. The molecule has 19 heavy (non-hydrogen) atoms. The van der Waals surface area contributed by atoms with Crippen molar-refractivity contribution in [3.63, 3.8) is 0 Å². The van der Waals surface area contributed by atoms with E-state index in [0.29, 0.717) is 6.54 Å². The molecule has 0 aromatic heterocycles. The van der Waals surface area contributed by atoms with Crippen LogP contribution in [-0.2, 0) is 6.54 Å². The average molecular weight is 259 g/mol. The van der Waals surface area contributed by atoms with E-state index in [1.54, 1.807) is 0 Å². The summed E-state index contributed by atoms with van der Waals surface area (Å²) in [6.45, 7) is 7.74. The molecule has 1 unspecified atom stereocenters. The van der Waals surface area contributed by atoms with Crippen molar-refractivity contribution < 1.29 is 0 Å². The van der Waals surface area contributed by atoms with Gasteiger partial charge in [-0.3, -0.25) is 4.90 Å². The minimum absolute atomic E-state index is 0.641. The number of aryl methyl sites for hydroxylation is 1. The Labute approximate surface area is 116 Å². The number of benzene rings is 1. The fraction of sp³-hybridized carbons (Fsp3) is 0.625. The van der Waals surface area contributed by atoms with Gasteiger partial charge in [-0.2, -0.15) is 0 Å². The van der Waals surface area contributed by atoms with Crippen molar-refractivity contribution >= 4 is 5.69 Å². The molecular weight excluding hydrogens is 234 g/mol.